The second-order valence-electron chi connectivity index (χ2n) is 17.6. The Labute approximate surface area is 409 Å². The highest BCUT2D eigenvalue weighted by molar-refractivity contribution is 6.02. The van der Waals surface area contributed by atoms with Crippen LogP contribution in [0.2, 0.25) is 0 Å². The summed E-state index contributed by atoms with van der Waals surface area (Å²) in [7, 11) is 0. The Kier molecular flexibility index (Phi) is 11.3. The lowest BCUT2D eigenvalue weighted by atomic mass is 9.89. The van der Waals surface area contributed by atoms with E-state index in [1.165, 1.54) is 44.5 Å². The lowest BCUT2D eigenvalue weighted by Gasteiger charge is -2.26. The van der Waals surface area contributed by atoms with E-state index in [-0.39, 0.29) is 0 Å². The molecule has 12 aromatic rings. The van der Waals surface area contributed by atoms with Gasteiger partial charge in [0.15, 0.2) is 0 Å². The van der Waals surface area contributed by atoms with Gasteiger partial charge < -0.3 is 9.32 Å². The van der Waals surface area contributed by atoms with Gasteiger partial charge in [0.1, 0.15) is 11.3 Å². The van der Waals surface area contributed by atoms with E-state index in [1.54, 1.807) is 0 Å². The van der Waals surface area contributed by atoms with Crippen LogP contribution in [0.5, 0.6) is 0 Å². The number of anilines is 3. The van der Waals surface area contributed by atoms with Crippen molar-refractivity contribution in [1.29, 1.82) is 0 Å². The van der Waals surface area contributed by atoms with Gasteiger partial charge in [0.2, 0.25) is 0 Å². The molecule has 0 spiro atoms. The van der Waals surface area contributed by atoms with E-state index in [2.05, 4.69) is 278 Å². The Morgan fingerprint density at radius 1 is 0.229 bits per heavy atom. The maximum absolute atomic E-state index is 6.57. The molecule has 0 saturated heterocycles. The number of rotatable bonds is 11. The van der Waals surface area contributed by atoms with Crippen molar-refractivity contribution in [2.45, 2.75) is 0 Å². The molecule has 2 nitrogen and oxygen atoms in total. The molecule has 70 heavy (non-hydrogen) atoms. The number of para-hydroxylation sites is 1. The molecule has 0 bridgehead atoms. The van der Waals surface area contributed by atoms with Crippen LogP contribution in [-0.4, -0.2) is 0 Å². The fraction of sp³-hybridized carbons (Fsp3) is 0. The number of fused-ring (bicyclic) bond motifs is 1. The van der Waals surface area contributed by atoms with Gasteiger partial charge in [-0.25, -0.2) is 0 Å². The number of hydrogen-bond donors (Lipinski definition) is 0. The van der Waals surface area contributed by atoms with Crippen molar-refractivity contribution in [3.05, 3.63) is 285 Å². The van der Waals surface area contributed by atoms with E-state index in [1.807, 2.05) is 12.1 Å². The topological polar surface area (TPSA) is 16.4 Å². The fourth-order valence-corrected chi connectivity index (χ4v) is 9.87. The highest BCUT2D eigenvalue weighted by Gasteiger charge is 2.19. The molecule has 2 heteroatoms. The van der Waals surface area contributed by atoms with Crippen LogP contribution in [0.3, 0.4) is 0 Å². The second-order valence-corrected chi connectivity index (χ2v) is 17.6. The van der Waals surface area contributed by atoms with Gasteiger partial charge in [0.25, 0.3) is 0 Å². The molecule has 330 valence electrons. The minimum atomic E-state index is 0.883. The first kappa shape index (κ1) is 42.1. The van der Waals surface area contributed by atoms with Crippen molar-refractivity contribution in [3.63, 3.8) is 0 Å². The van der Waals surface area contributed by atoms with Gasteiger partial charge in [-0.05, 0) is 121 Å². The normalized spacial score (nSPS) is 11.1. The van der Waals surface area contributed by atoms with Gasteiger partial charge in [0, 0.05) is 33.6 Å². The van der Waals surface area contributed by atoms with E-state index < -0.39 is 0 Å². The first-order valence-corrected chi connectivity index (χ1v) is 23.9. The summed E-state index contributed by atoms with van der Waals surface area (Å²) in [6, 6.07) is 102. The summed E-state index contributed by atoms with van der Waals surface area (Å²) in [5.74, 6) is 0.883. The molecule has 0 radical (unpaired) electrons. The third-order valence-electron chi connectivity index (χ3n) is 13.4. The molecular weight excluding hydrogens is 847 g/mol. The van der Waals surface area contributed by atoms with E-state index in [9.17, 15) is 0 Å². The number of hydrogen-bond acceptors (Lipinski definition) is 2. The van der Waals surface area contributed by atoms with Crippen LogP contribution in [0, 0.1) is 0 Å². The molecule has 0 amide bonds. The molecule has 0 saturated carbocycles. The average molecular weight is 894 g/mol. The summed E-state index contributed by atoms with van der Waals surface area (Å²) < 4.78 is 6.57. The summed E-state index contributed by atoms with van der Waals surface area (Å²) in [6.45, 7) is 0. The van der Waals surface area contributed by atoms with Crippen LogP contribution >= 0.6 is 0 Å². The summed E-state index contributed by atoms with van der Waals surface area (Å²) in [6.07, 6.45) is 0. The zero-order valence-electron chi connectivity index (χ0n) is 38.5. The van der Waals surface area contributed by atoms with Gasteiger partial charge in [-0.2, -0.15) is 0 Å². The molecule has 1 aromatic heterocycles. The standard InChI is InChI=1S/C68H47NO/c1-4-17-48(18-5-1)50-35-41-58(42-36-50)69(60-45-39-54(40-46-60)62-26-11-13-28-64(62)63-27-12-10-25-61(63)53-19-6-2-7-20-53)59-43-37-51(38-44-59)49-31-33-52(34-32-49)56-23-16-24-57(47-56)68-67(55-21-8-3-9-22-55)65-29-14-15-30-66(65)70-68/h1-47H. The predicted molar refractivity (Wildman–Crippen MR) is 294 cm³/mol. The smallest absolute Gasteiger partial charge is 0.143 e. The molecule has 0 aliphatic rings. The largest absolute Gasteiger partial charge is 0.455 e. The first-order valence-electron chi connectivity index (χ1n) is 23.9. The van der Waals surface area contributed by atoms with E-state index in [0.717, 1.165) is 72.7 Å². The Hall–Kier alpha value is -9.24. The molecule has 0 N–H and O–H groups in total. The van der Waals surface area contributed by atoms with E-state index in [4.69, 9.17) is 4.42 Å². The Bertz CT molecular complexity index is 3710. The number of furan rings is 1. The van der Waals surface area contributed by atoms with Crippen LogP contribution in [0.15, 0.2) is 290 Å². The maximum Gasteiger partial charge on any atom is 0.143 e. The monoisotopic (exact) mass is 893 g/mol. The zero-order valence-corrected chi connectivity index (χ0v) is 38.5. The molecule has 0 fully saturated rings. The van der Waals surface area contributed by atoms with Gasteiger partial charge >= 0.3 is 0 Å². The summed E-state index contributed by atoms with van der Waals surface area (Å²) >= 11 is 0. The third-order valence-corrected chi connectivity index (χ3v) is 13.4. The predicted octanol–water partition coefficient (Wildman–Crippen LogP) is 19.2. The summed E-state index contributed by atoms with van der Waals surface area (Å²) in [4.78, 5) is 2.35. The van der Waals surface area contributed by atoms with Crippen molar-refractivity contribution in [2.75, 3.05) is 4.90 Å². The zero-order chi connectivity index (χ0) is 46.6. The Balaban J connectivity index is 0.853. The third kappa shape index (κ3) is 8.29. The van der Waals surface area contributed by atoms with Gasteiger partial charge in [-0.15, -0.1) is 0 Å². The van der Waals surface area contributed by atoms with Crippen LogP contribution in [0.4, 0.5) is 17.1 Å². The van der Waals surface area contributed by atoms with Gasteiger partial charge in [-0.1, -0.05) is 237 Å². The van der Waals surface area contributed by atoms with Gasteiger partial charge in [0.05, 0.1) is 0 Å². The number of nitrogens with zero attached hydrogens (tertiary/aromatic N) is 1. The minimum Gasteiger partial charge on any atom is -0.455 e. The molecule has 1 heterocycles. The summed E-state index contributed by atoms with van der Waals surface area (Å²) in [5, 5.41) is 1.12. The lowest BCUT2D eigenvalue weighted by Crippen LogP contribution is -2.09. The summed E-state index contributed by atoms with van der Waals surface area (Å²) in [5.41, 5.74) is 21.6. The molecule has 0 aliphatic carbocycles. The van der Waals surface area contributed by atoms with E-state index in [0.29, 0.717) is 0 Å². The number of benzene rings is 11. The fourth-order valence-electron chi connectivity index (χ4n) is 9.87. The quantitative estimate of drug-likeness (QED) is 0.129. The molecule has 11 aromatic carbocycles. The SMILES string of the molecule is c1ccc(-c2ccc(N(c3ccc(-c4ccc(-c5cccc(-c6oc7ccccc7c6-c6ccccc6)c5)cc4)cc3)c3ccc(-c4ccccc4-c4ccccc4-c4ccccc4)cc3)cc2)cc1. The van der Waals surface area contributed by atoms with Crippen LogP contribution < -0.4 is 4.90 Å². The van der Waals surface area contributed by atoms with Crippen molar-refractivity contribution in [1.82, 2.24) is 0 Å². The second kappa shape index (κ2) is 18.8. The van der Waals surface area contributed by atoms with Crippen molar-refractivity contribution >= 4 is 28.0 Å². The van der Waals surface area contributed by atoms with Crippen molar-refractivity contribution in [3.8, 4) is 89.2 Å². The maximum atomic E-state index is 6.57. The Morgan fingerprint density at radius 3 is 1.10 bits per heavy atom. The van der Waals surface area contributed by atoms with E-state index >= 15 is 0 Å². The first-order chi connectivity index (χ1) is 34.7. The van der Waals surface area contributed by atoms with Gasteiger partial charge in [-0.3, -0.25) is 0 Å². The average Bonchev–Trinajstić information content (AvgIpc) is 3.85. The molecule has 0 aliphatic heterocycles. The highest BCUT2D eigenvalue weighted by atomic mass is 16.3. The van der Waals surface area contributed by atoms with Crippen LogP contribution in [0.1, 0.15) is 0 Å². The van der Waals surface area contributed by atoms with Crippen molar-refractivity contribution < 1.29 is 4.42 Å². The minimum absolute atomic E-state index is 0.883. The molecular formula is C68H47NO. The lowest BCUT2D eigenvalue weighted by molar-refractivity contribution is 0.632. The molecule has 0 unspecified atom stereocenters. The Morgan fingerprint density at radius 2 is 0.571 bits per heavy atom. The van der Waals surface area contributed by atoms with Crippen LogP contribution in [0.25, 0.3) is 100 Å². The van der Waals surface area contributed by atoms with Crippen LogP contribution in [-0.2, 0) is 0 Å². The molecule has 0 atom stereocenters. The highest BCUT2D eigenvalue weighted by Crippen LogP contribution is 2.44. The molecule has 12 rings (SSSR count). The van der Waals surface area contributed by atoms with Crippen molar-refractivity contribution in [2.24, 2.45) is 0 Å².